The summed E-state index contributed by atoms with van der Waals surface area (Å²) in [6.07, 6.45) is 41.4. The number of phosphoric ester groups is 1. The van der Waals surface area contributed by atoms with Crippen molar-refractivity contribution in [1.82, 2.24) is 0 Å². The Balaban J connectivity index is 2.36. The van der Waals surface area contributed by atoms with Crippen molar-refractivity contribution in [2.24, 2.45) is 0 Å². The Kier molecular flexibility index (Phi) is 39.6. The molecule has 65 heavy (non-hydrogen) atoms. The van der Waals surface area contributed by atoms with Gasteiger partial charge in [0.05, 0.1) is 13.2 Å². The fourth-order valence-electron chi connectivity index (χ4n) is 7.51. The number of hydrogen-bond acceptors (Lipinski definition) is 11. The molecule has 1 saturated carbocycles. The van der Waals surface area contributed by atoms with Crippen LogP contribution in [0.1, 0.15) is 200 Å². The van der Waals surface area contributed by atoms with E-state index in [1.165, 1.54) is 83.5 Å². The lowest BCUT2D eigenvalue weighted by Gasteiger charge is -2.41. The Labute approximate surface area is 394 Å². The molecule has 1 rings (SSSR count). The van der Waals surface area contributed by atoms with Crippen LogP contribution in [0, 0.1) is 0 Å². The monoisotopic (exact) mass is 941 g/mol. The van der Waals surface area contributed by atoms with Gasteiger partial charge in [-0.25, -0.2) is 4.57 Å². The zero-order valence-corrected chi connectivity index (χ0v) is 41.4. The van der Waals surface area contributed by atoms with E-state index in [4.69, 9.17) is 18.5 Å². The third-order valence-corrected chi connectivity index (χ3v) is 12.6. The number of carbonyl (C=O) groups is 1. The van der Waals surface area contributed by atoms with Crippen LogP contribution in [0.2, 0.25) is 0 Å². The largest absolute Gasteiger partial charge is 0.472 e. The summed E-state index contributed by atoms with van der Waals surface area (Å²) in [6, 6.07) is 0. The number of aliphatic hydroxyl groups is 5. The number of rotatable bonds is 43. The van der Waals surface area contributed by atoms with Crippen molar-refractivity contribution in [3.8, 4) is 0 Å². The Morgan fingerprint density at radius 1 is 0.492 bits per heavy atom. The molecule has 6 unspecified atom stereocenters. The highest BCUT2D eigenvalue weighted by atomic mass is 31.2. The molecule has 0 heterocycles. The average Bonchev–Trinajstić information content (AvgIpc) is 3.29. The van der Waals surface area contributed by atoms with Crippen LogP contribution in [0.5, 0.6) is 0 Å². The predicted octanol–water partition coefficient (Wildman–Crippen LogP) is 11.4. The van der Waals surface area contributed by atoms with E-state index in [1.54, 1.807) is 0 Å². The summed E-state index contributed by atoms with van der Waals surface area (Å²) in [6.45, 7) is 4.20. The third kappa shape index (κ3) is 34.1. The van der Waals surface area contributed by atoms with E-state index < -0.39 is 63.1 Å². The molecular weight excluding hydrogens is 848 g/mol. The van der Waals surface area contributed by atoms with Gasteiger partial charge in [-0.3, -0.25) is 13.8 Å². The van der Waals surface area contributed by atoms with Gasteiger partial charge >= 0.3 is 13.8 Å². The number of aliphatic hydroxyl groups excluding tert-OH is 5. The fourth-order valence-corrected chi connectivity index (χ4v) is 8.48. The average molecular weight is 941 g/mol. The van der Waals surface area contributed by atoms with Crippen molar-refractivity contribution in [2.75, 3.05) is 19.8 Å². The number of ether oxygens (including phenoxy) is 2. The summed E-state index contributed by atoms with van der Waals surface area (Å²) in [5.74, 6) is -0.495. The molecule has 0 aromatic heterocycles. The van der Waals surface area contributed by atoms with E-state index in [9.17, 15) is 39.8 Å². The van der Waals surface area contributed by atoms with E-state index in [2.05, 4.69) is 74.6 Å². The second-order valence-corrected chi connectivity index (χ2v) is 19.1. The number of allylic oxidation sites excluding steroid dienone is 10. The third-order valence-electron chi connectivity index (χ3n) is 11.6. The molecule has 0 amide bonds. The molecule has 6 atom stereocenters. The number of esters is 1. The molecule has 0 aromatic rings. The second kappa shape index (κ2) is 42.2. The standard InChI is InChI=1S/C52H93O12P/c1-3-5-7-9-11-13-15-17-19-21-22-23-24-25-26-28-30-32-34-36-38-40-42-61-43-45(44-62-65(59,60)64-52-50(57)48(55)47(54)49(56)51(52)58)63-46(53)41-39-37-35-33-31-29-27-20-18-16-14-12-10-8-6-4-2/h14-17,20-22,24-25,27,45,47-52,54-58H,3-13,18-19,23,26,28-44H2,1-2H3,(H,59,60)/b16-14-,17-15-,22-21-,25-24-,27-20-. The maximum atomic E-state index is 12.8. The van der Waals surface area contributed by atoms with Crippen molar-refractivity contribution in [2.45, 2.75) is 243 Å². The smallest absolute Gasteiger partial charge is 0.457 e. The molecule has 1 aliphatic carbocycles. The van der Waals surface area contributed by atoms with Crippen LogP contribution in [-0.2, 0) is 27.9 Å². The van der Waals surface area contributed by atoms with Crippen molar-refractivity contribution in [3.63, 3.8) is 0 Å². The van der Waals surface area contributed by atoms with E-state index in [-0.39, 0.29) is 13.0 Å². The Hall–Kier alpha value is -1.96. The first kappa shape index (κ1) is 61.1. The molecule has 12 nitrogen and oxygen atoms in total. The molecule has 0 aromatic carbocycles. The van der Waals surface area contributed by atoms with Crippen LogP contribution < -0.4 is 0 Å². The molecule has 0 saturated heterocycles. The van der Waals surface area contributed by atoms with E-state index in [0.717, 1.165) is 89.9 Å². The lowest BCUT2D eigenvalue weighted by atomic mass is 9.85. The van der Waals surface area contributed by atoms with Crippen LogP contribution in [0.15, 0.2) is 60.8 Å². The molecule has 13 heteroatoms. The Morgan fingerprint density at radius 2 is 0.862 bits per heavy atom. The first-order chi connectivity index (χ1) is 31.5. The summed E-state index contributed by atoms with van der Waals surface area (Å²) in [7, 11) is -5.03. The molecule has 6 N–H and O–H groups in total. The molecule has 0 spiro atoms. The van der Waals surface area contributed by atoms with Crippen molar-refractivity contribution in [1.29, 1.82) is 0 Å². The van der Waals surface area contributed by atoms with Crippen LogP contribution in [0.4, 0.5) is 0 Å². The Morgan fingerprint density at radius 3 is 1.32 bits per heavy atom. The zero-order chi connectivity index (χ0) is 47.6. The minimum Gasteiger partial charge on any atom is -0.457 e. The molecule has 1 fully saturated rings. The van der Waals surface area contributed by atoms with E-state index in [0.29, 0.717) is 13.0 Å². The van der Waals surface area contributed by atoms with Gasteiger partial charge in [0.25, 0.3) is 0 Å². The van der Waals surface area contributed by atoms with Gasteiger partial charge in [0.15, 0.2) is 0 Å². The number of phosphoric acid groups is 1. The SMILES string of the molecule is CCCCCC/C=C\C/C=C\CCCCCCCC(=O)OC(COCCCCCCCCC/C=C\C/C=C\C/C=C\CCCCCCC)COP(=O)(O)OC1C(O)C(O)C(O)C(O)C1O. The summed E-state index contributed by atoms with van der Waals surface area (Å²) < 4.78 is 34.3. The molecule has 0 radical (unpaired) electrons. The first-order valence-corrected chi connectivity index (χ1v) is 27.1. The van der Waals surface area contributed by atoms with Crippen LogP contribution in [0.25, 0.3) is 0 Å². The van der Waals surface area contributed by atoms with Crippen LogP contribution >= 0.6 is 7.82 Å². The molecule has 1 aliphatic rings. The molecule has 0 bridgehead atoms. The van der Waals surface area contributed by atoms with Gasteiger partial charge in [0.2, 0.25) is 0 Å². The number of unbranched alkanes of at least 4 members (excludes halogenated alkanes) is 21. The van der Waals surface area contributed by atoms with E-state index >= 15 is 0 Å². The topological polar surface area (TPSA) is 192 Å². The lowest BCUT2D eigenvalue weighted by molar-refractivity contribution is -0.220. The van der Waals surface area contributed by atoms with Gasteiger partial charge in [-0.15, -0.1) is 0 Å². The highest BCUT2D eigenvalue weighted by Gasteiger charge is 2.51. The van der Waals surface area contributed by atoms with Gasteiger partial charge in [0.1, 0.15) is 42.7 Å². The van der Waals surface area contributed by atoms with Gasteiger partial charge in [0, 0.05) is 13.0 Å². The quantitative estimate of drug-likeness (QED) is 0.0147. The zero-order valence-electron chi connectivity index (χ0n) is 40.5. The van der Waals surface area contributed by atoms with Crippen molar-refractivity contribution in [3.05, 3.63) is 60.8 Å². The highest BCUT2D eigenvalue weighted by molar-refractivity contribution is 7.47. The van der Waals surface area contributed by atoms with Gasteiger partial charge in [-0.2, -0.15) is 0 Å². The highest BCUT2D eigenvalue weighted by Crippen LogP contribution is 2.47. The first-order valence-electron chi connectivity index (χ1n) is 25.6. The maximum Gasteiger partial charge on any atom is 0.472 e. The lowest BCUT2D eigenvalue weighted by Crippen LogP contribution is -2.64. The fraction of sp³-hybridized carbons (Fsp3) is 0.788. The summed E-state index contributed by atoms with van der Waals surface area (Å²) in [5.41, 5.74) is 0. The van der Waals surface area contributed by atoms with Gasteiger partial charge in [-0.1, -0.05) is 171 Å². The van der Waals surface area contributed by atoms with Gasteiger partial charge in [-0.05, 0) is 83.5 Å². The second-order valence-electron chi connectivity index (χ2n) is 17.7. The molecular formula is C52H93O12P. The summed E-state index contributed by atoms with van der Waals surface area (Å²) in [4.78, 5) is 23.2. The summed E-state index contributed by atoms with van der Waals surface area (Å²) in [5, 5.41) is 50.3. The minimum atomic E-state index is -5.03. The number of carbonyl (C=O) groups excluding carboxylic acids is 1. The van der Waals surface area contributed by atoms with Gasteiger partial charge < -0.3 is 39.9 Å². The van der Waals surface area contributed by atoms with Crippen LogP contribution in [0.3, 0.4) is 0 Å². The molecule has 378 valence electrons. The molecule has 0 aliphatic heterocycles. The van der Waals surface area contributed by atoms with E-state index in [1.807, 2.05) is 0 Å². The predicted molar refractivity (Wildman–Crippen MR) is 262 cm³/mol. The Bertz CT molecular complexity index is 1300. The van der Waals surface area contributed by atoms with Crippen molar-refractivity contribution < 1.29 is 58.3 Å². The normalized spacial score (nSPS) is 22.0. The van der Waals surface area contributed by atoms with Crippen molar-refractivity contribution >= 4 is 13.8 Å². The minimum absolute atomic E-state index is 0.0914. The maximum absolute atomic E-state index is 12.8. The van der Waals surface area contributed by atoms with Crippen LogP contribution in [-0.4, -0.2) is 98.9 Å². The summed E-state index contributed by atoms with van der Waals surface area (Å²) >= 11 is 0. The number of hydrogen-bond donors (Lipinski definition) is 6.